The second kappa shape index (κ2) is 7.38. The smallest absolute Gasteiger partial charge is 0.228 e. The molecular weight excluding hydrogens is 254 g/mol. The van der Waals surface area contributed by atoms with Gasteiger partial charge in [0, 0.05) is 26.2 Å². The quantitative estimate of drug-likeness (QED) is 0.776. The standard InChI is InChI=1S/C15H29N3O2/c1-3-18-10-4-13(5-11-18)17-14(19)15(12-20-2)6-8-16-9-7-15/h13,16H,3-12H2,1-2H3,(H,17,19). The van der Waals surface area contributed by atoms with E-state index in [0.29, 0.717) is 12.6 Å². The predicted molar refractivity (Wildman–Crippen MR) is 79.7 cm³/mol. The van der Waals surface area contributed by atoms with Crippen LogP contribution in [-0.4, -0.2) is 63.3 Å². The lowest BCUT2D eigenvalue weighted by Gasteiger charge is -2.38. The first-order chi connectivity index (χ1) is 9.70. The minimum Gasteiger partial charge on any atom is -0.384 e. The highest BCUT2D eigenvalue weighted by atomic mass is 16.5. The fourth-order valence-electron chi connectivity index (χ4n) is 3.35. The fourth-order valence-corrected chi connectivity index (χ4v) is 3.35. The van der Waals surface area contributed by atoms with Crippen molar-refractivity contribution < 1.29 is 9.53 Å². The van der Waals surface area contributed by atoms with E-state index in [4.69, 9.17) is 4.74 Å². The minimum atomic E-state index is -0.318. The summed E-state index contributed by atoms with van der Waals surface area (Å²) in [6.07, 6.45) is 3.89. The molecule has 0 bridgehead atoms. The molecule has 0 aromatic rings. The Labute approximate surface area is 122 Å². The summed E-state index contributed by atoms with van der Waals surface area (Å²) in [5.74, 6) is 0.204. The molecule has 0 aliphatic carbocycles. The van der Waals surface area contributed by atoms with Gasteiger partial charge in [-0.3, -0.25) is 4.79 Å². The van der Waals surface area contributed by atoms with Crippen molar-refractivity contribution in [3.05, 3.63) is 0 Å². The highest BCUT2D eigenvalue weighted by molar-refractivity contribution is 5.83. The number of ether oxygens (including phenoxy) is 1. The van der Waals surface area contributed by atoms with Crippen LogP contribution in [-0.2, 0) is 9.53 Å². The van der Waals surface area contributed by atoms with Gasteiger partial charge in [0.05, 0.1) is 12.0 Å². The van der Waals surface area contributed by atoms with Crippen LogP contribution >= 0.6 is 0 Å². The van der Waals surface area contributed by atoms with Crippen LogP contribution in [0.2, 0.25) is 0 Å². The Bertz CT molecular complexity index is 303. The van der Waals surface area contributed by atoms with Crippen molar-refractivity contribution in [2.45, 2.75) is 38.6 Å². The van der Waals surface area contributed by atoms with Crippen LogP contribution in [0.5, 0.6) is 0 Å². The number of nitrogens with zero attached hydrogens (tertiary/aromatic N) is 1. The number of hydrogen-bond acceptors (Lipinski definition) is 4. The largest absolute Gasteiger partial charge is 0.384 e. The van der Waals surface area contributed by atoms with E-state index in [1.54, 1.807) is 7.11 Å². The van der Waals surface area contributed by atoms with Crippen LogP contribution < -0.4 is 10.6 Å². The summed E-state index contributed by atoms with van der Waals surface area (Å²) < 4.78 is 5.33. The van der Waals surface area contributed by atoms with Crippen LogP contribution in [0, 0.1) is 5.41 Å². The third kappa shape index (κ3) is 3.71. The summed E-state index contributed by atoms with van der Waals surface area (Å²) in [5, 5.41) is 6.61. The molecule has 5 heteroatoms. The maximum absolute atomic E-state index is 12.7. The van der Waals surface area contributed by atoms with Gasteiger partial charge in [0.15, 0.2) is 0 Å². The molecule has 2 aliphatic rings. The zero-order chi connectivity index (χ0) is 14.4. The van der Waals surface area contributed by atoms with Gasteiger partial charge in [-0.15, -0.1) is 0 Å². The lowest BCUT2D eigenvalue weighted by Crippen LogP contribution is -2.54. The van der Waals surface area contributed by atoms with Gasteiger partial charge < -0.3 is 20.3 Å². The summed E-state index contributed by atoms with van der Waals surface area (Å²) in [6, 6.07) is 0.342. The van der Waals surface area contributed by atoms with E-state index in [1.807, 2.05) is 0 Å². The first-order valence-corrected chi connectivity index (χ1v) is 7.93. The molecule has 1 amide bonds. The van der Waals surface area contributed by atoms with E-state index in [-0.39, 0.29) is 11.3 Å². The molecule has 0 unspecified atom stereocenters. The van der Waals surface area contributed by atoms with Crippen LogP contribution in [0.1, 0.15) is 32.6 Å². The molecule has 2 rings (SSSR count). The van der Waals surface area contributed by atoms with E-state index in [2.05, 4.69) is 22.5 Å². The number of nitrogens with one attached hydrogen (secondary N) is 2. The molecule has 0 aromatic carbocycles. The second-order valence-electron chi connectivity index (χ2n) is 6.15. The van der Waals surface area contributed by atoms with Gasteiger partial charge in [-0.05, 0) is 45.3 Å². The first kappa shape index (κ1) is 15.7. The average molecular weight is 283 g/mol. The predicted octanol–water partition coefficient (Wildman–Crippen LogP) is 0.603. The van der Waals surface area contributed by atoms with Crippen LogP contribution in [0.4, 0.5) is 0 Å². The molecule has 20 heavy (non-hydrogen) atoms. The maximum atomic E-state index is 12.7. The minimum absolute atomic E-state index is 0.204. The molecule has 2 heterocycles. The number of carbonyl (C=O) groups excluding carboxylic acids is 1. The molecule has 5 nitrogen and oxygen atoms in total. The van der Waals surface area contributed by atoms with Crippen molar-refractivity contribution in [2.75, 3.05) is 46.4 Å². The van der Waals surface area contributed by atoms with Gasteiger partial charge in [-0.1, -0.05) is 6.92 Å². The Balaban J connectivity index is 1.88. The molecule has 2 aliphatic heterocycles. The van der Waals surface area contributed by atoms with Gasteiger partial charge in [-0.25, -0.2) is 0 Å². The molecule has 0 saturated carbocycles. The number of likely N-dealkylation sites (tertiary alicyclic amines) is 1. The Morgan fingerprint density at radius 3 is 2.55 bits per heavy atom. The van der Waals surface area contributed by atoms with Crippen LogP contribution in [0.15, 0.2) is 0 Å². The van der Waals surface area contributed by atoms with Crippen molar-refractivity contribution in [3.63, 3.8) is 0 Å². The average Bonchev–Trinajstić information content (AvgIpc) is 2.49. The normalized spacial score (nSPS) is 24.5. The molecule has 2 N–H and O–H groups in total. The Morgan fingerprint density at radius 1 is 1.35 bits per heavy atom. The number of hydrogen-bond donors (Lipinski definition) is 2. The van der Waals surface area contributed by atoms with Crippen LogP contribution in [0.3, 0.4) is 0 Å². The Hall–Kier alpha value is -0.650. The molecule has 0 atom stereocenters. The lowest BCUT2D eigenvalue weighted by atomic mass is 9.78. The fraction of sp³-hybridized carbons (Fsp3) is 0.933. The number of methoxy groups -OCH3 is 1. The van der Waals surface area contributed by atoms with Gasteiger partial charge in [-0.2, -0.15) is 0 Å². The van der Waals surface area contributed by atoms with Crippen molar-refractivity contribution in [2.24, 2.45) is 5.41 Å². The highest BCUT2D eigenvalue weighted by Crippen LogP contribution is 2.30. The molecule has 0 spiro atoms. The summed E-state index contributed by atoms with van der Waals surface area (Å²) >= 11 is 0. The van der Waals surface area contributed by atoms with E-state index < -0.39 is 0 Å². The summed E-state index contributed by atoms with van der Waals surface area (Å²) in [5.41, 5.74) is -0.318. The second-order valence-corrected chi connectivity index (χ2v) is 6.15. The number of rotatable bonds is 5. The number of amides is 1. The molecule has 2 saturated heterocycles. The van der Waals surface area contributed by atoms with E-state index in [9.17, 15) is 4.79 Å². The van der Waals surface area contributed by atoms with Gasteiger partial charge in [0.2, 0.25) is 5.91 Å². The molecule has 116 valence electrons. The van der Waals surface area contributed by atoms with Crippen molar-refractivity contribution >= 4 is 5.91 Å². The first-order valence-electron chi connectivity index (χ1n) is 7.93. The van der Waals surface area contributed by atoms with Crippen molar-refractivity contribution in [3.8, 4) is 0 Å². The third-order valence-corrected chi connectivity index (χ3v) is 4.83. The van der Waals surface area contributed by atoms with Crippen molar-refractivity contribution in [1.29, 1.82) is 0 Å². The van der Waals surface area contributed by atoms with E-state index >= 15 is 0 Å². The van der Waals surface area contributed by atoms with Crippen molar-refractivity contribution in [1.82, 2.24) is 15.5 Å². The molecule has 2 fully saturated rings. The van der Waals surface area contributed by atoms with Gasteiger partial charge in [0.1, 0.15) is 0 Å². The Morgan fingerprint density at radius 2 is 2.00 bits per heavy atom. The SMILES string of the molecule is CCN1CCC(NC(=O)C2(COC)CCNCC2)CC1. The van der Waals surface area contributed by atoms with Gasteiger partial charge >= 0.3 is 0 Å². The molecular formula is C15H29N3O2. The molecule has 0 radical (unpaired) electrons. The zero-order valence-electron chi connectivity index (χ0n) is 12.9. The topological polar surface area (TPSA) is 53.6 Å². The monoisotopic (exact) mass is 283 g/mol. The van der Waals surface area contributed by atoms with E-state index in [0.717, 1.165) is 58.4 Å². The van der Waals surface area contributed by atoms with E-state index in [1.165, 1.54) is 0 Å². The number of carbonyl (C=O) groups is 1. The summed E-state index contributed by atoms with van der Waals surface area (Å²) in [7, 11) is 1.69. The highest BCUT2D eigenvalue weighted by Gasteiger charge is 2.40. The Kier molecular flexibility index (Phi) is 5.81. The van der Waals surface area contributed by atoms with Gasteiger partial charge in [0.25, 0.3) is 0 Å². The van der Waals surface area contributed by atoms with Crippen LogP contribution in [0.25, 0.3) is 0 Å². The summed E-state index contributed by atoms with van der Waals surface area (Å²) in [6.45, 7) is 7.85. The molecule has 0 aromatic heterocycles. The number of piperidine rings is 2. The zero-order valence-corrected chi connectivity index (χ0v) is 12.9. The lowest BCUT2D eigenvalue weighted by molar-refractivity contribution is -0.137. The third-order valence-electron chi connectivity index (χ3n) is 4.83. The summed E-state index contributed by atoms with van der Waals surface area (Å²) in [4.78, 5) is 15.1. The maximum Gasteiger partial charge on any atom is 0.228 e.